The fourth-order valence-corrected chi connectivity index (χ4v) is 3.86. The van der Waals surface area contributed by atoms with E-state index in [2.05, 4.69) is 29.6 Å². The van der Waals surface area contributed by atoms with E-state index in [0.29, 0.717) is 0 Å². The quantitative estimate of drug-likeness (QED) is 0.441. The first kappa shape index (κ1) is 17.8. The van der Waals surface area contributed by atoms with Gasteiger partial charge in [-0.1, -0.05) is 30.3 Å². The van der Waals surface area contributed by atoms with Gasteiger partial charge in [-0.25, -0.2) is 0 Å². The third-order valence-corrected chi connectivity index (χ3v) is 5.24. The van der Waals surface area contributed by atoms with Gasteiger partial charge in [0.15, 0.2) is 0 Å². The van der Waals surface area contributed by atoms with Gasteiger partial charge in [-0.3, -0.25) is 5.41 Å². The number of nitrogen functional groups attached to an aromatic ring is 1. The van der Waals surface area contributed by atoms with E-state index in [1.54, 1.807) is 6.26 Å². The molecule has 1 unspecified atom stereocenters. The van der Waals surface area contributed by atoms with Crippen LogP contribution in [0, 0.1) is 5.41 Å². The van der Waals surface area contributed by atoms with Crippen molar-refractivity contribution < 1.29 is 9.15 Å². The van der Waals surface area contributed by atoms with Crippen molar-refractivity contribution in [2.24, 2.45) is 5.73 Å². The predicted octanol–water partition coefficient (Wildman–Crippen LogP) is 3.77. The van der Waals surface area contributed by atoms with Crippen LogP contribution in [0.5, 0.6) is 0 Å². The van der Waals surface area contributed by atoms with Gasteiger partial charge < -0.3 is 20.2 Å². The van der Waals surface area contributed by atoms with Gasteiger partial charge in [-0.2, -0.15) is 0 Å². The highest BCUT2D eigenvalue weighted by Gasteiger charge is 2.22. The second kappa shape index (κ2) is 7.94. The van der Waals surface area contributed by atoms with Gasteiger partial charge in [0.2, 0.25) is 0 Å². The molecule has 0 amide bonds. The van der Waals surface area contributed by atoms with Crippen molar-refractivity contribution >= 4 is 16.8 Å². The average Bonchev–Trinajstić information content (AvgIpc) is 3.37. The maximum Gasteiger partial charge on any atom is 0.134 e. The zero-order chi connectivity index (χ0) is 18.6. The number of nitrogens with one attached hydrogen (secondary N) is 2. The van der Waals surface area contributed by atoms with E-state index in [1.807, 2.05) is 24.3 Å². The fourth-order valence-electron chi connectivity index (χ4n) is 3.86. The molecule has 1 aliphatic rings. The highest BCUT2D eigenvalue weighted by molar-refractivity contribution is 6.01. The SMILES string of the molecule is N=C(N)c1ccc2occc2c1CCC(O[C@H]1CCNC1)c1ccccc1. The summed E-state index contributed by atoms with van der Waals surface area (Å²) in [5, 5.41) is 12.3. The molecule has 1 aromatic heterocycles. The number of hydrogen-bond donors (Lipinski definition) is 3. The van der Waals surface area contributed by atoms with Crippen LogP contribution in [0.3, 0.4) is 0 Å². The molecule has 2 heterocycles. The number of ether oxygens (including phenoxy) is 1. The minimum absolute atomic E-state index is 0.0121. The molecule has 5 nitrogen and oxygen atoms in total. The van der Waals surface area contributed by atoms with Crippen LogP contribution in [-0.4, -0.2) is 25.0 Å². The molecule has 4 N–H and O–H groups in total. The normalized spacial score (nSPS) is 18.0. The predicted molar refractivity (Wildman–Crippen MR) is 107 cm³/mol. The lowest BCUT2D eigenvalue weighted by atomic mass is 9.94. The summed E-state index contributed by atoms with van der Waals surface area (Å²) in [6, 6.07) is 16.1. The molecular formula is C22H25N3O2. The van der Waals surface area contributed by atoms with Gasteiger partial charge in [-0.05, 0) is 55.1 Å². The van der Waals surface area contributed by atoms with Crippen LogP contribution >= 0.6 is 0 Å². The van der Waals surface area contributed by atoms with Crippen LogP contribution in [0.15, 0.2) is 59.2 Å². The van der Waals surface area contributed by atoms with Crippen molar-refractivity contribution in [1.82, 2.24) is 5.32 Å². The molecule has 2 atom stereocenters. The van der Waals surface area contributed by atoms with Crippen LogP contribution in [-0.2, 0) is 11.2 Å². The Morgan fingerprint density at radius 3 is 2.81 bits per heavy atom. The second-order valence-electron chi connectivity index (χ2n) is 7.03. The summed E-state index contributed by atoms with van der Waals surface area (Å²) >= 11 is 0. The van der Waals surface area contributed by atoms with E-state index in [4.69, 9.17) is 20.3 Å². The molecule has 140 valence electrons. The lowest BCUT2D eigenvalue weighted by molar-refractivity contribution is -0.00688. The van der Waals surface area contributed by atoms with Crippen LogP contribution < -0.4 is 11.1 Å². The number of nitrogens with two attached hydrogens (primary N) is 1. The first-order valence-corrected chi connectivity index (χ1v) is 9.47. The van der Waals surface area contributed by atoms with Crippen molar-refractivity contribution in [3.63, 3.8) is 0 Å². The van der Waals surface area contributed by atoms with Crippen molar-refractivity contribution in [1.29, 1.82) is 5.41 Å². The zero-order valence-corrected chi connectivity index (χ0v) is 15.3. The minimum Gasteiger partial charge on any atom is -0.464 e. The number of rotatable bonds is 7. The van der Waals surface area contributed by atoms with Crippen molar-refractivity contribution in [2.45, 2.75) is 31.5 Å². The molecule has 27 heavy (non-hydrogen) atoms. The van der Waals surface area contributed by atoms with E-state index < -0.39 is 0 Å². The molecule has 3 aromatic rings. The molecule has 1 fully saturated rings. The summed E-state index contributed by atoms with van der Waals surface area (Å²) < 4.78 is 12.0. The van der Waals surface area contributed by atoms with Gasteiger partial charge in [-0.15, -0.1) is 0 Å². The maximum atomic E-state index is 7.94. The molecule has 2 aromatic carbocycles. The van der Waals surface area contributed by atoms with Gasteiger partial charge in [0, 0.05) is 17.5 Å². The average molecular weight is 363 g/mol. The second-order valence-corrected chi connectivity index (χ2v) is 7.03. The Balaban J connectivity index is 1.60. The van der Waals surface area contributed by atoms with Crippen molar-refractivity contribution in [2.75, 3.05) is 13.1 Å². The van der Waals surface area contributed by atoms with E-state index in [1.165, 1.54) is 5.56 Å². The molecule has 0 radical (unpaired) electrons. The Morgan fingerprint density at radius 2 is 2.07 bits per heavy atom. The summed E-state index contributed by atoms with van der Waals surface area (Å²) in [5.41, 5.74) is 9.69. The largest absolute Gasteiger partial charge is 0.464 e. The number of benzene rings is 2. The number of fused-ring (bicyclic) bond motifs is 1. The van der Waals surface area contributed by atoms with Gasteiger partial charge in [0.05, 0.1) is 18.5 Å². The zero-order valence-electron chi connectivity index (χ0n) is 15.3. The van der Waals surface area contributed by atoms with Gasteiger partial charge in [0.25, 0.3) is 0 Å². The Labute approximate surface area is 159 Å². The van der Waals surface area contributed by atoms with Crippen LogP contribution in [0.4, 0.5) is 0 Å². The van der Waals surface area contributed by atoms with Crippen LogP contribution in [0.1, 0.15) is 35.6 Å². The fraction of sp³-hybridized carbons (Fsp3) is 0.318. The van der Waals surface area contributed by atoms with Crippen LogP contribution in [0.2, 0.25) is 0 Å². The third kappa shape index (κ3) is 3.89. The molecule has 0 saturated carbocycles. The molecule has 0 spiro atoms. The minimum atomic E-state index is 0.0121. The summed E-state index contributed by atoms with van der Waals surface area (Å²) in [5.74, 6) is 0.0882. The smallest absolute Gasteiger partial charge is 0.134 e. The first-order chi connectivity index (χ1) is 13.2. The Kier molecular flexibility index (Phi) is 5.23. The number of furan rings is 1. The maximum absolute atomic E-state index is 7.94. The van der Waals surface area contributed by atoms with Gasteiger partial charge >= 0.3 is 0 Å². The Morgan fingerprint density at radius 1 is 1.22 bits per heavy atom. The summed E-state index contributed by atoms with van der Waals surface area (Å²) in [6.07, 6.45) is 4.58. The molecule has 0 aliphatic carbocycles. The Bertz CT molecular complexity index is 914. The molecular weight excluding hydrogens is 338 g/mol. The number of aryl methyl sites for hydroxylation is 1. The molecule has 0 bridgehead atoms. The third-order valence-electron chi connectivity index (χ3n) is 5.24. The van der Waals surface area contributed by atoms with Crippen LogP contribution in [0.25, 0.3) is 11.0 Å². The Hall–Kier alpha value is -2.63. The molecule has 5 heteroatoms. The highest BCUT2D eigenvalue weighted by Crippen LogP contribution is 2.30. The molecule has 4 rings (SSSR count). The highest BCUT2D eigenvalue weighted by atomic mass is 16.5. The van der Waals surface area contributed by atoms with E-state index >= 15 is 0 Å². The van der Waals surface area contributed by atoms with Crippen molar-refractivity contribution in [3.05, 3.63) is 71.5 Å². The monoisotopic (exact) mass is 363 g/mol. The van der Waals surface area contributed by atoms with Gasteiger partial charge in [0.1, 0.15) is 11.4 Å². The van der Waals surface area contributed by atoms with E-state index in [9.17, 15) is 0 Å². The van der Waals surface area contributed by atoms with E-state index in [-0.39, 0.29) is 18.0 Å². The standard InChI is InChI=1S/C22H25N3O2/c23-22(24)19-7-9-21-18(11-13-26-21)17(19)6-8-20(15-4-2-1-3-5-15)27-16-10-12-25-14-16/h1-5,7,9,11,13,16,20,25H,6,8,10,12,14H2,(H3,23,24)/t16-,20?/m0/s1. The lowest BCUT2D eigenvalue weighted by Crippen LogP contribution is -2.21. The molecule has 1 saturated heterocycles. The number of hydrogen-bond acceptors (Lipinski definition) is 4. The lowest BCUT2D eigenvalue weighted by Gasteiger charge is -2.23. The summed E-state index contributed by atoms with van der Waals surface area (Å²) in [6.45, 7) is 1.91. The van der Waals surface area contributed by atoms with E-state index in [0.717, 1.165) is 54.4 Å². The summed E-state index contributed by atoms with van der Waals surface area (Å²) in [7, 11) is 0. The summed E-state index contributed by atoms with van der Waals surface area (Å²) in [4.78, 5) is 0. The first-order valence-electron chi connectivity index (χ1n) is 9.47. The molecule has 1 aliphatic heterocycles. The topological polar surface area (TPSA) is 84.3 Å². The number of amidine groups is 1. The van der Waals surface area contributed by atoms with Crippen molar-refractivity contribution in [3.8, 4) is 0 Å².